The SMILES string of the molecule is COc1ccccc1OCCC(=O)NCC(=O)N1CCCC1. The van der Waals surface area contributed by atoms with Crippen molar-refractivity contribution < 1.29 is 19.1 Å². The molecular weight excluding hydrogens is 284 g/mol. The molecule has 1 aromatic rings. The van der Waals surface area contributed by atoms with Crippen LogP contribution in [0.3, 0.4) is 0 Å². The quantitative estimate of drug-likeness (QED) is 0.822. The number of likely N-dealkylation sites (tertiary alicyclic amines) is 1. The minimum atomic E-state index is -0.192. The van der Waals surface area contributed by atoms with Gasteiger partial charge < -0.3 is 19.7 Å². The van der Waals surface area contributed by atoms with Gasteiger partial charge in [-0.1, -0.05) is 12.1 Å². The summed E-state index contributed by atoms with van der Waals surface area (Å²) in [6.45, 7) is 1.90. The Morgan fingerprint density at radius 1 is 1.18 bits per heavy atom. The molecule has 1 fully saturated rings. The van der Waals surface area contributed by atoms with Crippen molar-refractivity contribution in [3.8, 4) is 11.5 Å². The largest absolute Gasteiger partial charge is 0.493 e. The number of para-hydroxylation sites is 2. The van der Waals surface area contributed by atoms with Crippen molar-refractivity contribution in [3.05, 3.63) is 24.3 Å². The zero-order valence-electron chi connectivity index (χ0n) is 12.8. The van der Waals surface area contributed by atoms with E-state index in [1.165, 1.54) is 0 Å². The van der Waals surface area contributed by atoms with E-state index in [9.17, 15) is 9.59 Å². The highest BCUT2D eigenvalue weighted by Gasteiger charge is 2.18. The second-order valence-electron chi connectivity index (χ2n) is 5.11. The molecule has 0 spiro atoms. The van der Waals surface area contributed by atoms with Gasteiger partial charge in [-0.2, -0.15) is 0 Å². The van der Waals surface area contributed by atoms with Crippen LogP contribution in [0.25, 0.3) is 0 Å². The molecule has 1 heterocycles. The first-order chi connectivity index (χ1) is 10.7. The molecule has 6 nitrogen and oxygen atoms in total. The zero-order chi connectivity index (χ0) is 15.8. The molecule has 0 radical (unpaired) electrons. The first kappa shape index (κ1) is 16.1. The van der Waals surface area contributed by atoms with E-state index < -0.39 is 0 Å². The first-order valence-corrected chi connectivity index (χ1v) is 7.51. The maximum absolute atomic E-state index is 11.8. The van der Waals surface area contributed by atoms with Crippen molar-refractivity contribution in [2.75, 3.05) is 33.4 Å². The van der Waals surface area contributed by atoms with Gasteiger partial charge in [0.2, 0.25) is 11.8 Å². The van der Waals surface area contributed by atoms with Crippen molar-refractivity contribution in [1.29, 1.82) is 0 Å². The Balaban J connectivity index is 1.66. The summed E-state index contributed by atoms with van der Waals surface area (Å²) < 4.78 is 10.7. The standard InChI is InChI=1S/C16H22N2O4/c1-21-13-6-2-3-7-14(13)22-11-8-15(19)17-12-16(20)18-9-4-5-10-18/h2-3,6-7H,4-5,8-12H2,1H3,(H,17,19). The van der Waals surface area contributed by atoms with E-state index in [0.29, 0.717) is 11.5 Å². The van der Waals surface area contributed by atoms with E-state index in [4.69, 9.17) is 9.47 Å². The minimum absolute atomic E-state index is 0.0171. The smallest absolute Gasteiger partial charge is 0.241 e. The Morgan fingerprint density at radius 2 is 1.86 bits per heavy atom. The molecule has 1 aliphatic rings. The molecule has 1 aromatic carbocycles. The number of methoxy groups -OCH3 is 1. The number of rotatable bonds is 7. The van der Waals surface area contributed by atoms with Crippen LogP contribution in [-0.4, -0.2) is 50.1 Å². The number of nitrogens with one attached hydrogen (secondary N) is 1. The Kier molecular flexibility index (Phi) is 6.06. The lowest BCUT2D eigenvalue weighted by molar-refractivity contribution is -0.132. The summed E-state index contributed by atoms with van der Waals surface area (Å²) in [5.74, 6) is 1.03. The summed E-state index contributed by atoms with van der Waals surface area (Å²) in [5, 5.41) is 2.63. The molecule has 22 heavy (non-hydrogen) atoms. The molecule has 2 amide bonds. The summed E-state index contributed by atoms with van der Waals surface area (Å²) in [6, 6.07) is 7.27. The van der Waals surface area contributed by atoms with Crippen LogP contribution in [-0.2, 0) is 9.59 Å². The predicted molar refractivity (Wildman–Crippen MR) is 81.9 cm³/mol. The summed E-state index contributed by atoms with van der Waals surface area (Å²) in [5.41, 5.74) is 0. The van der Waals surface area contributed by atoms with Crippen molar-refractivity contribution in [2.45, 2.75) is 19.3 Å². The molecule has 0 unspecified atom stereocenters. The highest BCUT2D eigenvalue weighted by atomic mass is 16.5. The van der Waals surface area contributed by atoms with E-state index in [0.717, 1.165) is 25.9 Å². The molecule has 0 saturated carbocycles. The van der Waals surface area contributed by atoms with Crippen LogP contribution in [0.4, 0.5) is 0 Å². The van der Waals surface area contributed by atoms with Crippen LogP contribution in [0.5, 0.6) is 11.5 Å². The Morgan fingerprint density at radius 3 is 2.55 bits per heavy atom. The van der Waals surface area contributed by atoms with Gasteiger partial charge in [0.15, 0.2) is 11.5 Å². The van der Waals surface area contributed by atoms with Crippen molar-refractivity contribution in [2.24, 2.45) is 0 Å². The van der Waals surface area contributed by atoms with Gasteiger partial charge in [0.25, 0.3) is 0 Å². The van der Waals surface area contributed by atoms with Crippen LogP contribution >= 0.6 is 0 Å². The van der Waals surface area contributed by atoms with Crippen LogP contribution in [0.15, 0.2) is 24.3 Å². The van der Waals surface area contributed by atoms with E-state index >= 15 is 0 Å². The Labute approximate surface area is 130 Å². The fourth-order valence-corrected chi connectivity index (χ4v) is 2.33. The molecule has 120 valence electrons. The van der Waals surface area contributed by atoms with Crippen LogP contribution in [0.2, 0.25) is 0 Å². The molecule has 1 saturated heterocycles. The molecule has 1 aliphatic heterocycles. The third kappa shape index (κ3) is 4.65. The molecular formula is C16H22N2O4. The van der Waals surface area contributed by atoms with Crippen molar-refractivity contribution in [3.63, 3.8) is 0 Å². The van der Waals surface area contributed by atoms with E-state index in [-0.39, 0.29) is 31.4 Å². The highest BCUT2D eigenvalue weighted by Crippen LogP contribution is 2.25. The number of benzene rings is 1. The Hall–Kier alpha value is -2.24. The first-order valence-electron chi connectivity index (χ1n) is 7.51. The summed E-state index contributed by atoms with van der Waals surface area (Å²) in [4.78, 5) is 25.3. The lowest BCUT2D eigenvalue weighted by Crippen LogP contribution is -2.38. The summed E-state index contributed by atoms with van der Waals surface area (Å²) >= 11 is 0. The van der Waals surface area contributed by atoms with Crippen molar-refractivity contribution >= 4 is 11.8 Å². The van der Waals surface area contributed by atoms with Crippen LogP contribution in [0.1, 0.15) is 19.3 Å². The molecule has 0 atom stereocenters. The van der Waals surface area contributed by atoms with E-state index in [2.05, 4.69) is 5.32 Å². The van der Waals surface area contributed by atoms with Crippen LogP contribution in [0, 0.1) is 0 Å². The third-order valence-corrected chi connectivity index (χ3v) is 3.55. The lowest BCUT2D eigenvalue weighted by atomic mass is 10.3. The number of hydrogen-bond acceptors (Lipinski definition) is 4. The van der Waals surface area contributed by atoms with E-state index in [1.807, 2.05) is 12.1 Å². The number of hydrogen-bond donors (Lipinski definition) is 1. The fourth-order valence-electron chi connectivity index (χ4n) is 2.33. The zero-order valence-corrected chi connectivity index (χ0v) is 12.8. The normalized spacial score (nSPS) is 13.8. The fraction of sp³-hybridized carbons (Fsp3) is 0.500. The van der Waals surface area contributed by atoms with Gasteiger partial charge in [0, 0.05) is 13.1 Å². The molecule has 1 N–H and O–H groups in total. The predicted octanol–water partition coefficient (Wildman–Crippen LogP) is 1.20. The lowest BCUT2D eigenvalue weighted by Gasteiger charge is -2.15. The van der Waals surface area contributed by atoms with Gasteiger partial charge in [-0.15, -0.1) is 0 Å². The number of carbonyl (C=O) groups is 2. The summed E-state index contributed by atoms with van der Waals surface area (Å²) in [6.07, 6.45) is 2.30. The number of amides is 2. The van der Waals surface area contributed by atoms with Gasteiger partial charge >= 0.3 is 0 Å². The molecule has 0 bridgehead atoms. The minimum Gasteiger partial charge on any atom is -0.493 e. The van der Waals surface area contributed by atoms with Gasteiger partial charge in [0.05, 0.1) is 26.7 Å². The molecule has 0 aliphatic carbocycles. The number of nitrogens with zero attached hydrogens (tertiary/aromatic N) is 1. The van der Waals surface area contributed by atoms with E-state index in [1.54, 1.807) is 24.1 Å². The van der Waals surface area contributed by atoms with Crippen molar-refractivity contribution in [1.82, 2.24) is 10.2 Å². The second-order valence-corrected chi connectivity index (χ2v) is 5.11. The third-order valence-electron chi connectivity index (χ3n) is 3.55. The second kappa shape index (κ2) is 8.26. The van der Waals surface area contributed by atoms with Gasteiger partial charge in [0.1, 0.15) is 0 Å². The van der Waals surface area contributed by atoms with Crippen LogP contribution < -0.4 is 14.8 Å². The highest BCUT2D eigenvalue weighted by molar-refractivity contribution is 5.84. The maximum Gasteiger partial charge on any atom is 0.241 e. The maximum atomic E-state index is 11.8. The van der Waals surface area contributed by atoms with Gasteiger partial charge in [-0.25, -0.2) is 0 Å². The number of ether oxygens (including phenoxy) is 2. The topological polar surface area (TPSA) is 67.9 Å². The summed E-state index contributed by atoms with van der Waals surface area (Å²) in [7, 11) is 1.57. The Bertz CT molecular complexity index is 513. The van der Waals surface area contributed by atoms with Gasteiger partial charge in [-0.3, -0.25) is 9.59 Å². The molecule has 6 heteroatoms. The number of carbonyl (C=O) groups excluding carboxylic acids is 2. The average molecular weight is 306 g/mol. The molecule has 0 aromatic heterocycles. The van der Waals surface area contributed by atoms with Gasteiger partial charge in [-0.05, 0) is 25.0 Å². The average Bonchev–Trinajstić information content (AvgIpc) is 3.07. The monoisotopic (exact) mass is 306 g/mol. The molecule has 2 rings (SSSR count).